The normalized spacial score (nSPS) is 26.4. The largest absolute Gasteiger partial charge is 0.378 e. The molecule has 0 aromatic heterocycles. The third kappa shape index (κ3) is 3.09. The first-order valence-corrected chi connectivity index (χ1v) is 6.35. The predicted octanol–water partition coefficient (Wildman–Crippen LogP) is 0.567. The first-order chi connectivity index (χ1) is 7.15. The highest BCUT2D eigenvalue weighted by molar-refractivity contribution is 7.80. The summed E-state index contributed by atoms with van der Waals surface area (Å²) in [6, 6.07) is 0.683. The smallest absolute Gasteiger partial charge is 0.0645 e. The lowest BCUT2D eigenvalue weighted by atomic mass is 9.98. The summed E-state index contributed by atoms with van der Waals surface area (Å²) in [6.07, 6.45) is 0. The Bertz CT molecular complexity index is 203. The number of ether oxygens (including phenoxy) is 1. The molecule has 3 nitrogen and oxygen atoms in total. The van der Waals surface area contributed by atoms with E-state index in [1.165, 1.54) is 19.6 Å². The summed E-state index contributed by atoms with van der Waals surface area (Å²) in [4.78, 5) is 4.95. The number of hydrogen-bond acceptors (Lipinski definition) is 4. The monoisotopic (exact) mass is 230 g/mol. The number of hydrogen-bond donors (Lipinski definition) is 1. The van der Waals surface area contributed by atoms with Crippen LogP contribution in [0.4, 0.5) is 0 Å². The highest BCUT2D eigenvalue weighted by Crippen LogP contribution is 2.19. The summed E-state index contributed by atoms with van der Waals surface area (Å²) < 4.78 is 5.20. The molecule has 0 N–H and O–H groups in total. The molecule has 0 saturated carbocycles. The Morgan fingerprint density at radius 1 is 1.47 bits per heavy atom. The molecule has 88 valence electrons. The molecule has 0 spiro atoms. The van der Waals surface area contributed by atoms with E-state index in [4.69, 9.17) is 4.74 Å². The molecule has 0 bridgehead atoms. The quantitative estimate of drug-likeness (QED) is 0.695. The maximum atomic E-state index is 5.20. The lowest BCUT2D eigenvalue weighted by molar-refractivity contribution is -0.0675. The number of likely N-dealkylation sites (tertiary alicyclic amines) is 1. The second-order valence-corrected chi connectivity index (χ2v) is 5.95. The fourth-order valence-electron chi connectivity index (χ4n) is 2.35. The topological polar surface area (TPSA) is 15.7 Å². The van der Waals surface area contributed by atoms with Crippen LogP contribution in [-0.4, -0.2) is 67.5 Å². The lowest BCUT2D eigenvalue weighted by Gasteiger charge is -2.44. The number of rotatable bonds is 5. The molecule has 2 aliphatic rings. The summed E-state index contributed by atoms with van der Waals surface area (Å²) >= 11 is 4.41. The summed E-state index contributed by atoms with van der Waals surface area (Å²) in [5, 5.41) is 0.503. The van der Waals surface area contributed by atoms with Crippen molar-refractivity contribution in [3.63, 3.8) is 0 Å². The zero-order valence-corrected chi connectivity index (χ0v) is 10.6. The van der Waals surface area contributed by atoms with Crippen LogP contribution in [0.3, 0.4) is 0 Å². The molecule has 2 saturated heterocycles. The van der Waals surface area contributed by atoms with Gasteiger partial charge in [0.2, 0.25) is 0 Å². The number of nitrogens with zero attached hydrogens (tertiary/aromatic N) is 2. The van der Waals surface area contributed by atoms with Crippen molar-refractivity contribution in [1.82, 2.24) is 9.80 Å². The van der Waals surface area contributed by atoms with E-state index >= 15 is 0 Å². The van der Waals surface area contributed by atoms with Gasteiger partial charge < -0.3 is 9.64 Å². The Morgan fingerprint density at radius 2 is 2.13 bits per heavy atom. The van der Waals surface area contributed by atoms with Gasteiger partial charge in [-0.1, -0.05) is 6.92 Å². The van der Waals surface area contributed by atoms with E-state index in [-0.39, 0.29) is 0 Å². The standard InChI is InChI=1S/C11H22N2OS/c1-9(15)3-13-5-10(6-13)4-12(2)11-7-14-8-11/h9-11,15H,3-8H2,1-2H3. The molecular weight excluding hydrogens is 208 g/mol. The Balaban J connectivity index is 1.58. The second kappa shape index (κ2) is 5.04. The molecule has 1 atom stereocenters. The molecular formula is C11H22N2OS. The highest BCUT2D eigenvalue weighted by Gasteiger charge is 2.31. The van der Waals surface area contributed by atoms with Gasteiger partial charge in [0.05, 0.1) is 19.3 Å². The van der Waals surface area contributed by atoms with Gasteiger partial charge in [-0.3, -0.25) is 4.90 Å². The van der Waals surface area contributed by atoms with Crippen LogP contribution in [0.2, 0.25) is 0 Å². The van der Waals surface area contributed by atoms with Crippen molar-refractivity contribution in [2.24, 2.45) is 5.92 Å². The van der Waals surface area contributed by atoms with E-state index < -0.39 is 0 Å². The van der Waals surface area contributed by atoms with Gasteiger partial charge in [-0.15, -0.1) is 0 Å². The maximum Gasteiger partial charge on any atom is 0.0645 e. The molecule has 4 heteroatoms. The van der Waals surface area contributed by atoms with Crippen LogP contribution >= 0.6 is 12.6 Å². The fraction of sp³-hybridized carbons (Fsp3) is 1.00. The molecule has 2 heterocycles. The van der Waals surface area contributed by atoms with E-state index in [0.717, 1.165) is 25.7 Å². The molecule has 0 aromatic rings. The number of thiol groups is 1. The zero-order chi connectivity index (χ0) is 10.8. The van der Waals surface area contributed by atoms with Gasteiger partial charge in [0, 0.05) is 31.4 Å². The third-order valence-electron chi connectivity index (χ3n) is 3.35. The summed E-state index contributed by atoms with van der Waals surface area (Å²) in [5.74, 6) is 0.864. The SMILES string of the molecule is CC(S)CN1CC(CN(C)C2COC2)C1. The Labute approximate surface area is 98.2 Å². The summed E-state index contributed by atoms with van der Waals surface area (Å²) in [7, 11) is 2.22. The van der Waals surface area contributed by atoms with Crippen LogP contribution in [-0.2, 0) is 4.74 Å². The Kier molecular flexibility index (Phi) is 3.93. The van der Waals surface area contributed by atoms with Gasteiger partial charge in [-0.2, -0.15) is 12.6 Å². The minimum Gasteiger partial charge on any atom is -0.378 e. The molecule has 1 unspecified atom stereocenters. The van der Waals surface area contributed by atoms with E-state index in [2.05, 4.69) is 36.4 Å². The number of likely N-dealkylation sites (N-methyl/N-ethyl adjacent to an activating group) is 1. The van der Waals surface area contributed by atoms with Crippen molar-refractivity contribution in [2.75, 3.05) is 46.4 Å². The fourth-order valence-corrected chi connectivity index (χ4v) is 2.58. The average molecular weight is 230 g/mol. The van der Waals surface area contributed by atoms with Crippen molar-refractivity contribution >= 4 is 12.6 Å². The lowest BCUT2D eigenvalue weighted by Crippen LogP contribution is -2.56. The van der Waals surface area contributed by atoms with E-state index in [1.807, 2.05) is 0 Å². The minimum absolute atomic E-state index is 0.503. The first-order valence-electron chi connectivity index (χ1n) is 5.83. The Morgan fingerprint density at radius 3 is 2.60 bits per heavy atom. The van der Waals surface area contributed by atoms with Crippen LogP contribution in [0, 0.1) is 5.92 Å². The van der Waals surface area contributed by atoms with Crippen LogP contribution < -0.4 is 0 Å². The van der Waals surface area contributed by atoms with Gasteiger partial charge >= 0.3 is 0 Å². The van der Waals surface area contributed by atoms with E-state index in [0.29, 0.717) is 11.3 Å². The van der Waals surface area contributed by atoms with Crippen LogP contribution in [0.1, 0.15) is 6.92 Å². The first kappa shape index (κ1) is 11.7. The van der Waals surface area contributed by atoms with Gasteiger partial charge in [0.1, 0.15) is 0 Å². The summed E-state index contributed by atoms with van der Waals surface area (Å²) in [6.45, 7) is 8.89. The second-order valence-electron chi connectivity index (χ2n) is 5.06. The van der Waals surface area contributed by atoms with Crippen molar-refractivity contribution < 1.29 is 4.74 Å². The van der Waals surface area contributed by atoms with E-state index in [1.54, 1.807) is 0 Å². The molecule has 0 radical (unpaired) electrons. The van der Waals surface area contributed by atoms with Crippen molar-refractivity contribution in [2.45, 2.75) is 18.2 Å². The van der Waals surface area contributed by atoms with E-state index in [9.17, 15) is 0 Å². The summed E-state index contributed by atoms with van der Waals surface area (Å²) in [5.41, 5.74) is 0. The Hall–Kier alpha value is 0.230. The molecule has 2 fully saturated rings. The molecule has 2 rings (SSSR count). The molecule has 15 heavy (non-hydrogen) atoms. The van der Waals surface area contributed by atoms with Gasteiger partial charge in [0.15, 0.2) is 0 Å². The maximum absolute atomic E-state index is 5.20. The van der Waals surface area contributed by atoms with Crippen molar-refractivity contribution in [1.29, 1.82) is 0 Å². The predicted molar refractivity (Wildman–Crippen MR) is 65.6 cm³/mol. The van der Waals surface area contributed by atoms with Crippen LogP contribution in [0.15, 0.2) is 0 Å². The van der Waals surface area contributed by atoms with Crippen molar-refractivity contribution in [3.05, 3.63) is 0 Å². The third-order valence-corrected chi connectivity index (χ3v) is 3.51. The van der Waals surface area contributed by atoms with Gasteiger partial charge in [0.25, 0.3) is 0 Å². The minimum atomic E-state index is 0.503. The van der Waals surface area contributed by atoms with Gasteiger partial charge in [-0.05, 0) is 13.0 Å². The van der Waals surface area contributed by atoms with Crippen LogP contribution in [0.25, 0.3) is 0 Å². The average Bonchev–Trinajstić information content (AvgIpc) is 1.95. The molecule has 0 aliphatic carbocycles. The molecule has 0 amide bonds. The highest BCUT2D eigenvalue weighted by atomic mass is 32.1. The van der Waals surface area contributed by atoms with Crippen LogP contribution in [0.5, 0.6) is 0 Å². The molecule has 2 aliphatic heterocycles. The van der Waals surface area contributed by atoms with Crippen molar-refractivity contribution in [3.8, 4) is 0 Å². The zero-order valence-electron chi connectivity index (χ0n) is 9.72. The molecule has 0 aromatic carbocycles. The van der Waals surface area contributed by atoms with Gasteiger partial charge in [-0.25, -0.2) is 0 Å².